The molecule has 0 atom stereocenters. The van der Waals surface area contributed by atoms with Crippen LogP contribution in [0, 0.1) is 0 Å². The van der Waals surface area contributed by atoms with Crippen molar-refractivity contribution in [1.82, 2.24) is 9.97 Å². The molecule has 0 spiro atoms. The van der Waals surface area contributed by atoms with Gasteiger partial charge in [0.25, 0.3) is 0 Å². The largest absolute Gasteiger partial charge is 0.252 e. The Morgan fingerprint density at radius 3 is 0.906 bits per heavy atom. The maximum atomic E-state index is 6.01. The van der Waals surface area contributed by atoms with Crippen molar-refractivity contribution in [3.63, 3.8) is 0 Å². The van der Waals surface area contributed by atoms with Crippen LogP contribution < -0.4 is 0 Å². The van der Waals surface area contributed by atoms with Crippen LogP contribution in [0.3, 0.4) is 0 Å². The third kappa shape index (κ3) is 4.29. The predicted molar refractivity (Wildman–Crippen MR) is 134 cm³/mol. The lowest BCUT2D eigenvalue weighted by Crippen LogP contribution is -1.92. The summed E-state index contributed by atoms with van der Waals surface area (Å²) in [5, 5.41) is 1.47. The summed E-state index contributed by atoms with van der Waals surface area (Å²) in [5.41, 5.74) is 8.26. The second-order valence-corrected chi connectivity index (χ2v) is 8.29. The van der Waals surface area contributed by atoms with Crippen LogP contribution in [0.25, 0.3) is 44.8 Å². The van der Waals surface area contributed by atoms with Crippen LogP contribution in [0.4, 0.5) is 0 Å². The summed E-state index contributed by atoms with van der Waals surface area (Å²) >= 11 is 12.0. The van der Waals surface area contributed by atoms with Gasteiger partial charge in [-0.25, -0.2) is 0 Å². The highest BCUT2D eigenvalue weighted by Gasteiger charge is 2.11. The molecule has 0 aliphatic rings. The number of hydrogen-bond acceptors (Lipinski definition) is 2. The second kappa shape index (κ2) is 8.96. The highest BCUT2D eigenvalue weighted by atomic mass is 35.5. The first-order chi connectivity index (χ1) is 15.7. The van der Waals surface area contributed by atoms with Gasteiger partial charge in [0.15, 0.2) is 0 Å². The Balaban J connectivity index is 1.46. The van der Waals surface area contributed by atoms with Gasteiger partial charge in [-0.15, -0.1) is 0 Å². The van der Waals surface area contributed by atoms with E-state index in [0.29, 0.717) is 0 Å². The van der Waals surface area contributed by atoms with Gasteiger partial charge in [0.1, 0.15) is 0 Å². The van der Waals surface area contributed by atoms with Crippen LogP contribution in [-0.4, -0.2) is 9.97 Å². The van der Waals surface area contributed by atoms with Gasteiger partial charge in [-0.2, -0.15) is 0 Å². The summed E-state index contributed by atoms with van der Waals surface area (Å²) < 4.78 is 0. The molecular weight excluding hydrogens is 435 g/mol. The molecule has 2 nitrogen and oxygen atoms in total. The molecule has 0 unspecified atom stereocenters. The zero-order valence-corrected chi connectivity index (χ0v) is 18.6. The highest BCUT2D eigenvalue weighted by Crippen LogP contribution is 2.32. The minimum Gasteiger partial charge on any atom is -0.252 e. The van der Waals surface area contributed by atoms with Gasteiger partial charge in [0, 0.05) is 33.6 Å². The molecule has 4 aromatic carbocycles. The van der Waals surface area contributed by atoms with E-state index >= 15 is 0 Å². The molecule has 0 saturated heterocycles. The van der Waals surface area contributed by atoms with Gasteiger partial charge < -0.3 is 0 Å². The number of hydrogen-bond donors (Lipinski definition) is 0. The van der Waals surface area contributed by atoms with E-state index in [1.165, 1.54) is 0 Å². The summed E-state index contributed by atoms with van der Waals surface area (Å²) in [7, 11) is 0. The molecule has 0 aliphatic heterocycles. The number of benzene rings is 4. The van der Waals surface area contributed by atoms with Crippen molar-refractivity contribution in [2.75, 3.05) is 0 Å². The molecule has 154 valence electrons. The van der Waals surface area contributed by atoms with Gasteiger partial charge in [0.2, 0.25) is 0 Å². The molecule has 0 N–H and O–H groups in total. The van der Waals surface area contributed by atoms with Crippen LogP contribution >= 0.6 is 23.2 Å². The fourth-order valence-electron chi connectivity index (χ4n) is 3.69. The Kier molecular flexibility index (Phi) is 5.72. The number of nitrogens with zero attached hydrogens (tertiary/aromatic N) is 2. The van der Waals surface area contributed by atoms with Crippen LogP contribution in [0.15, 0.2) is 109 Å². The van der Waals surface area contributed by atoms with Gasteiger partial charge >= 0.3 is 0 Å². The lowest BCUT2D eigenvalue weighted by molar-refractivity contribution is 1.21. The van der Waals surface area contributed by atoms with E-state index in [2.05, 4.69) is 58.5 Å². The molecule has 0 radical (unpaired) electrons. The molecule has 1 heterocycles. The Morgan fingerprint density at radius 2 is 0.594 bits per heavy atom. The summed E-state index contributed by atoms with van der Waals surface area (Å²) in [6.07, 6.45) is 3.46. The standard InChI is InChI=1S/C28H18Cl2N2/c29-25-13-9-21(10-14-25)19-1-5-23(6-2-19)27-28(32-18-17-31-27)24-7-3-20(4-8-24)22-11-15-26(30)16-12-22/h1-18H. The molecule has 1 aromatic heterocycles. The zero-order valence-electron chi connectivity index (χ0n) is 17.0. The lowest BCUT2D eigenvalue weighted by Gasteiger charge is -2.10. The SMILES string of the molecule is Clc1ccc(-c2ccc(-c3nccnc3-c3ccc(-c4ccc(Cl)cc4)cc3)cc2)cc1. The van der Waals surface area contributed by atoms with Crippen molar-refractivity contribution in [2.45, 2.75) is 0 Å². The Hall–Kier alpha value is -3.46. The minimum atomic E-state index is 0.733. The maximum absolute atomic E-state index is 6.01. The summed E-state index contributed by atoms with van der Waals surface area (Å²) in [4.78, 5) is 9.27. The fraction of sp³-hybridized carbons (Fsp3) is 0. The van der Waals surface area contributed by atoms with E-state index in [0.717, 1.165) is 54.8 Å². The smallest absolute Gasteiger partial charge is 0.0965 e. The van der Waals surface area contributed by atoms with Gasteiger partial charge in [0.05, 0.1) is 11.4 Å². The average molecular weight is 453 g/mol. The van der Waals surface area contributed by atoms with Crippen molar-refractivity contribution >= 4 is 23.2 Å². The average Bonchev–Trinajstić information content (AvgIpc) is 2.85. The van der Waals surface area contributed by atoms with Crippen molar-refractivity contribution in [3.05, 3.63) is 120 Å². The van der Waals surface area contributed by atoms with E-state index in [9.17, 15) is 0 Å². The minimum absolute atomic E-state index is 0.733. The molecule has 0 fully saturated rings. The van der Waals surface area contributed by atoms with E-state index in [1.54, 1.807) is 12.4 Å². The highest BCUT2D eigenvalue weighted by molar-refractivity contribution is 6.30. The molecule has 0 saturated carbocycles. The monoisotopic (exact) mass is 452 g/mol. The number of aromatic nitrogens is 2. The van der Waals surface area contributed by atoms with Crippen LogP contribution in [0.5, 0.6) is 0 Å². The van der Waals surface area contributed by atoms with Crippen LogP contribution in [0.2, 0.25) is 10.0 Å². The van der Waals surface area contributed by atoms with Gasteiger partial charge in [-0.1, -0.05) is 96.0 Å². The van der Waals surface area contributed by atoms with Crippen molar-refractivity contribution in [2.24, 2.45) is 0 Å². The van der Waals surface area contributed by atoms with E-state index < -0.39 is 0 Å². The third-order valence-corrected chi connectivity index (χ3v) is 5.87. The summed E-state index contributed by atoms with van der Waals surface area (Å²) in [6.45, 7) is 0. The van der Waals surface area contributed by atoms with E-state index in [-0.39, 0.29) is 0 Å². The van der Waals surface area contributed by atoms with Crippen LogP contribution in [0.1, 0.15) is 0 Å². The summed E-state index contributed by atoms with van der Waals surface area (Å²) in [5.74, 6) is 0. The molecule has 5 aromatic rings. The van der Waals surface area contributed by atoms with E-state index in [1.807, 2.05) is 48.5 Å². The second-order valence-electron chi connectivity index (χ2n) is 7.42. The van der Waals surface area contributed by atoms with Gasteiger partial charge in [-0.05, 0) is 46.5 Å². The maximum Gasteiger partial charge on any atom is 0.0965 e. The van der Waals surface area contributed by atoms with Crippen molar-refractivity contribution in [3.8, 4) is 44.8 Å². The Morgan fingerprint density at radius 1 is 0.344 bits per heavy atom. The van der Waals surface area contributed by atoms with Crippen molar-refractivity contribution in [1.29, 1.82) is 0 Å². The van der Waals surface area contributed by atoms with Gasteiger partial charge in [-0.3, -0.25) is 9.97 Å². The fourth-order valence-corrected chi connectivity index (χ4v) is 3.94. The normalized spacial score (nSPS) is 10.8. The molecule has 32 heavy (non-hydrogen) atoms. The molecule has 5 rings (SSSR count). The first-order valence-electron chi connectivity index (χ1n) is 10.2. The number of halogens is 2. The Bertz CT molecular complexity index is 1240. The molecule has 4 heteroatoms. The summed E-state index contributed by atoms with van der Waals surface area (Å²) in [6, 6.07) is 32.4. The topological polar surface area (TPSA) is 25.8 Å². The molecule has 0 aliphatic carbocycles. The van der Waals surface area contributed by atoms with Crippen molar-refractivity contribution < 1.29 is 0 Å². The first-order valence-corrected chi connectivity index (χ1v) is 11.0. The Labute approximate surface area is 197 Å². The number of rotatable bonds is 4. The zero-order chi connectivity index (χ0) is 21.9. The quantitative estimate of drug-likeness (QED) is 0.273. The predicted octanol–water partition coefficient (Wildman–Crippen LogP) is 8.45. The molecule has 0 bridgehead atoms. The van der Waals surface area contributed by atoms with Crippen LogP contribution in [-0.2, 0) is 0 Å². The lowest BCUT2D eigenvalue weighted by atomic mass is 9.98. The molecular formula is C28H18Cl2N2. The van der Waals surface area contributed by atoms with E-state index in [4.69, 9.17) is 23.2 Å². The molecule has 0 amide bonds. The third-order valence-electron chi connectivity index (χ3n) is 5.37. The first kappa shape index (κ1) is 20.4.